The van der Waals surface area contributed by atoms with Crippen LogP contribution in [-0.2, 0) is 24.1 Å². The average molecular weight is 347 g/mol. The topological polar surface area (TPSA) is 63.3 Å². The molecule has 3 rings (SSSR count). The normalized spacial score (nSPS) is 11.1. The van der Waals surface area contributed by atoms with Crippen molar-refractivity contribution in [2.24, 2.45) is 5.73 Å². The molecule has 0 bridgehead atoms. The Bertz CT molecular complexity index is 718. The van der Waals surface area contributed by atoms with Crippen molar-refractivity contribution in [2.75, 3.05) is 0 Å². The van der Waals surface area contributed by atoms with Gasteiger partial charge in [-0.05, 0) is 36.0 Å². The molecule has 0 amide bonds. The summed E-state index contributed by atoms with van der Waals surface area (Å²) < 4.78 is 0. The molecule has 0 saturated carbocycles. The minimum Gasteiger partial charge on any atom is -0.480 e. The third kappa shape index (κ3) is 7.32. The number of nitrogens with two attached hydrogens (primary N) is 1. The van der Waals surface area contributed by atoms with E-state index in [9.17, 15) is 4.79 Å². The lowest BCUT2D eigenvalue weighted by Crippen LogP contribution is -2.32. The summed E-state index contributed by atoms with van der Waals surface area (Å²) in [4.78, 5) is 10.4. The van der Waals surface area contributed by atoms with E-state index in [1.54, 1.807) is 0 Å². The second kappa shape index (κ2) is 10.9. The van der Waals surface area contributed by atoms with Crippen LogP contribution in [0.4, 0.5) is 0 Å². The van der Waals surface area contributed by atoms with Crippen LogP contribution in [0.1, 0.15) is 16.7 Å². The molecule has 1 unspecified atom stereocenters. The van der Waals surface area contributed by atoms with Crippen LogP contribution < -0.4 is 5.73 Å². The molecule has 0 aliphatic carbocycles. The highest BCUT2D eigenvalue weighted by atomic mass is 16.4. The van der Waals surface area contributed by atoms with E-state index in [1.807, 2.05) is 30.3 Å². The van der Waals surface area contributed by atoms with Gasteiger partial charge in [-0.2, -0.15) is 0 Å². The maximum absolute atomic E-state index is 10.4. The number of aliphatic carboxylic acids is 1. The van der Waals surface area contributed by atoms with Crippen LogP contribution in [0.2, 0.25) is 0 Å². The van der Waals surface area contributed by atoms with Gasteiger partial charge in [-0.15, -0.1) is 0 Å². The van der Waals surface area contributed by atoms with Crippen LogP contribution in [-0.4, -0.2) is 17.1 Å². The highest BCUT2D eigenvalue weighted by Gasteiger charge is 2.10. The van der Waals surface area contributed by atoms with E-state index < -0.39 is 12.0 Å². The van der Waals surface area contributed by atoms with Gasteiger partial charge >= 0.3 is 5.97 Å². The highest BCUT2D eigenvalue weighted by molar-refractivity contribution is 5.73. The molecule has 0 aliphatic rings. The zero-order chi connectivity index (χ0) is 18.6. The van der Waals surface area contributed by atoms with E-state index in [-0.39, 0.29) is 0 Å². The minimum absolute atomic E-state index is 0.385. The summed E-state index contributed by atoms with van der Waals surface area (Å²) in [5.74, 6) is -0.959. The standard InChI is InChI=1S/C14H14.C9H11NO2/c1-3-7-13(8-4-1)11-12-14-9-5-2-6-10-14;10-8(9(11)12)6-7-4-2-1-3-5-7/h1-10H,11-12H2;1-5,8H,6,10H2,(H,11,12). The molecule has 26 heavy (non-hydrogen) atoms. The Morgan fingerprint density at radius 3 is 1.38 bits per heavy atom. The molecule has 0 heterocycles. The maximum atomic E-state index is 10.4. The molecule has 3 N–H and O–H groups in total. The van der Waals surface area contributed by atoms with Crippen LogP contribution in [0.25, 0.3) is 0 Å². The van der Waals surface area contributed by atoms with Gasteiger partial charge in [0.2, 0.25) is 0 Å². The van der Waals surface area contributed by atoms with Crippen molar-refractivity contribution >= 4 is 5.97 Å². The largest absolute Gasteiger partial charge is 0.480 e. The van der Waals surface area contributed by atoms with Crippen molar-refractivity contribution in [3.63, 3.8) is 0 Å². The van der Waals surface area contributed by atoms with Crippen molar-refractivity contribution in [1.82, 2.24) is 0 Å². The summed E-state index contributed by atoms with van der Waals surface area (Å²) in [7, 11) is 0. The third-order valence-corrected chi connectivity index (χ3v) is 4.00. The van der Waals surface area contributed by atoms with E-state index in [0.717, 1.165) is 18.4 Å². The maximum Gasteiger partial charge on any atom is 0.320 e. The Labute approximate surface area is 155 Å². The first-order valence-electron chi connectivity index (χ1n) is 8.75. The van der Waals surface area contributed by atoms with E-state index >= 15 is 0 Å². The number of aryl methyl sites for hydroxylation is 2. The molecule has 3 nitrogen and oxygen atoms in total. The molecule has 0 spiro atoms. The summed E-state index contributed by atoms with van der Waals surface area (Å²) in [6.45, 7) is 0. The van der Waals surface area contributed by atoms with Gasteiger partial charge in [-0.25, -0.2) is 0 Å². The van der Waals surface area contributed by atoms with E-state index in [0.29, 0.717) is 6.42 Å². The molecule has 3 aromatic rings. The molecule has 0 aliphatic heterocycles. The summed E-state index contributed by atoms with van der Waals surface area (Å²) >= 11 is 0. The fourth-order valence-electron chi connectivity index (χ4n) is 2.53. The Morgan fingerprint density at radius 1 is 0.692 bits per heavy atom. The SMILES string of the molecule is NC(Cc1ccccc1)C(=O)O.c1ccc(CCc2ccccc2)cc1. The Hall–Kier alpha value is -2.91. The van der Waals surface area contributed by atoms with Crippen LogP contribution in [0.5, 0.6) is 0 Å². The lowest BCUT2D eigenvalue weighted by Gasteiger charge is -2.04. The number of rotatable bonds is 6. The van der Waals surface area contributed by atoms with Gasteiger partial charge in [0.1, 0.15) is 6.04 Å². The number of hydrogen-bond acceptors (Lipinski definition) is 2. The quantitative estimate of drug-likeness (QED) is 0.705. The van der Waals surface area contributed by atoms with E-state index in [2.05, 4.69) is 60.7 Å². The predicted molar refractivity (Wildman–Crippen MR) is 106 cm³/mol. The molecule has 3 aromatic carbocycles. The first kappa shape index (κ1) is 19.4. The zero-order valence-electron chi connectivity index (χ0n) is 14.8. The lowest BCUT2D eigenvalue weighted by molar-refractivity contribution is -0.138. The molecular weight excluding hydrogens is 322 g/mol. The first-order valence-corrected chi connectivity index (χ1v) is 8.75. The number of benzene rings is 3. The van der Waals surface area contributed by atoms with Gasteiger partial charge < -0.3 is 10.8 Å². The Kier molecular flexibility index (Phi) is 8.10. The molecule has 1 atom stereocenters. The van der Waals surface area contributed by atoms with Crippen LogP contribution >= 0.6 is 0 Å². The molecular formula is C23H25NO2. The van der Waals surface area contributed by atoms with E-state index in [4.69, 9.17) is 10.8 Å². The molecule has 0 saturated heterocycles. The van der Waals surface area contributed by atoms with Gasteiger partial charge in [0, 0.05) is 0 Å². The smallest absolute Gasteiger partial charge is 0.320 e. The van der Waals surface area contributed by atoms with Crippen LogP contribution in [0.3, 0.4) is 0 Å². The Balaban J connectivity index is 0.000000190. The number of carboxylic acids is 1. The number of hydrogen-bond donors (Lipinski definition) is 2. The number of carbonyl (C=O) groups is 1. The molecule has 0 aromatic heterocycles. The fourth-order valence-corrected chi connectivity index (χ4v) is 2.53. The molecule has 0 radical (unpaired) electrons. The lowest BCUT2D eigenvalue weighted by atomic mass is 10.0. The van der Waals surface area contributed by atoms with Crippen molar-refractivity contribution < 1.29 is 9.90 Å². The fraction of sp³-hybridized carbons (Fsp3) is 0.174. The second-order valence-corrected chi connectivity index (χ2v) is 6.11. The van der Waals surface area contributed by atoms with Crippen molar-refractivity contribution in [2.45, 2.75) is 25.3 Å². The molecule has 134 valence electrons. The van der Waals surface area contributed by atoms with Gasteiger partial charge in [-0.3, -0.25) is 4.79 Å². The highest BCUT2D eigenvalue weighted by Crippen LogP contribution is 2.06. The minimum atomic E-state index is -0.959. The average Bonchev–Trinajstić information content (AvgIpc) is 2.69. The Morgan fingerprint density at radius 2 is 1.04 bits per heavy atom. The molecule has 0 fully saturated rings. The summed E-state index contributed by atoms with van der Waals surface area (Å²) in [6, 6.07) is 29.8. The monoisotopic (exact) mass is 347 g/mol. The third-order valence-electron chi connectivity index (χ3n) is 4.00. The summed E-state index contributed by atoms with van der Waals surface area (Å²) in [6.07, 6.45) is 2.64. The van der Waals surface area contributed by atoms with Crippen molar-refractivity contribution in [3.8, 4) is 0 Å². The molecule has 3 heteroatoms. The van der Waals surface area contributed by atoms with Crippen LogP contribution in [0, 0.1) is 0 Å². The predicted octanol–water partition coefficient (Wildman–Crippen LogP) is 4.11. The second-order valence-electron chi connectivity index (χ2n) is 6.11. The zero-order valence-corrected chi connectivity index (χ0v) is 14.8. The van der Waals surface area contributed by atoms with Gasteiger partial charge in [0.25, 0.3) is 0 Å². The van der Waals surface area contributed by atoms with E-state index in [1.165, 1.54) is 11.1 Å². The van der Waals surface area contributed by atoms with Gasteiger partial charge in [-0.1, -0.05) is 91.0 Å². The number of carboxylic acid groups (broad SMARTS) is 1. The summed E-state index contributed by atoms with van der Waals surface area (Å²) in [5, 5.41) is 8.52. The summed E-state index contributed by atoms with van der Waals surface area (Å²) in [5.41, 5.74) is 9.13. The van der Waals surface area contributed by atoms with Crippen LogP contribution in [0.15, 0.2) is 91.0 Å². The van der Waals surface area contributed by atoms with Gasteiger partial charge in [0.05, 0.1) is 0 Å². The first-order chi connectivity index (χ1) is 12.6. The van der Waals surface area contributed by atoms with Crippen molar-refractivity contribution in [1.29, 1.82) is 0 Å². The van der Waals surface area contributed by atoms with Gasteiger partial charge in [0.15, 0.2) is 0 Å². The van der Waals surface area contributed by atoms with Crippen molar-refractivity contribution in [3.05, 3.63) is 108 Å².